The minimum atomic E-state index is -0.711. The van der Waals surface area contributed by atoms with Crippen molar-refractivity contribution in [1.82, 2.24) is 24.6 Å². The lowest BCUT2D eigenvalue weighted by molar-refractivity contribution is 0.251. The Labute approximate surface area is 221 Å². The van der Waals surface area contributed by atoms with E-state index in [0.717, 1.165) is 28.2 Å². The Balaban J connectivity index is 1.38. The summed E-state index contributed by atoms with van der Waals surface area (Å²) in [5, 5.41) is 9.75. The third-order valence-electron chi connectivity index (χ3n) is 6.28. The fourth-order valence-corrected chi connectivity index (χ4v) is 4.43. The molecule has 0 saturated heterocycles. The fourth-order valence-electron chi connectivity index (χ4n) is 4.43. The number of amides is 2. The van der Waals surface area contributed by atoms with Crippen LogP contribution in [0, 0.1) is 11.6 Å². The van der Waals surface area contributed by atoms with Crippen LogP contribution in [-0.2, 0) is 13.6 Å². The predicted molar refractivity (Wildman–Crippen MR) is 143 cm³/mol. The minimum absolute atomic E-state index is 0.195. The Morgan fingerprint density at radius 1 is 1.00 bits per heavy atom. The zero-order valence-corrected chi connectivity index (χ0v) is 20.7. The smallest absolute Gasteiger partial charge is 0.319 e. The third-order valence-corrected chi connectivity index (χ3v) is 6.28. The molecule has 194 valence electrons. The van der Waals surface area contributed by atoms with Crippen LogP contribution < -0.4 is 10.6 Å². The van der Waals surface area contributed by atoms with E-state index in [9.17, 15) is 13.6 Å². The van der Waals surface area contributed by atoms with Crippen molar-refractivity contribution in [3.05, 3.63) is 109 Å². The number of hydrogen-bond donors (Lipinski definition) is 2. The van der Waals surface area contributed by atoms with Gasteiger partial charge in [-0.15, -0.1) is 0 Å². The highest BCUT2D eigenvalue weighted by molar-refractivity contribution is 5.91. The number of urea groups is 1. The average Bonchev–Trinajstić information content (AvgIpc) is 3.68. The highest BCUT2D eigenvalue weighted by Gasteiger charge is 2.14. The largest absolute Gasteiger partial charge is 0.467 e. The van der Waals surface area contributed by atoms with E-state index in [1.165, 1.54) is 18.4 Å². The summed E-state index contributed by atoms with van der Waals surface area (Å²) in [5.41, 5.74) is 5.20. The first-order valence-corrected chi connectivity index (χ1v) is 12.1. The summed E-state index contributed by atoms with van der Waals surface area (Å²) < 4.78 is 37.2. The van der Waals surface area contributed by atoms with Crippen molar-refractivity contribution in [2.24, 2.45) is 7.05 Å². The Hall–Kier alpha value is -5.25. The number of carbonyl (C=O) groups excluding carboxylic acids is 1. The van der Waals surface area contributed by atoms with Crippen molar-refractivity contribution in [2.75, 3.05) is 5.32 Å². The average molecular weight is 525 g/mol. The summed E-state index contributed by atoms with van der Waals surface area (Å²) in [4.78, 5) is 17.2. The Morgan fingerprint density at radius 3 is 2.67 bits per heavy atom. The van der Waals surface area contributed by atoms with Gasteiger partial charge < -0.3 is 15.1 Å². The monoisotopic (exact) mass is 524 g/mol. The van der Waals surface area contributed by atoms with Crippen LogP contribution in [0.2, 0.25) is 0 Å². The second-order valence-corrected chi connectivity index (χ2v) is 9.00. The van der Waals surface area contributed by atoms with Crippen molar-refractivity contribution in [3.8, 4) is 27.9 Å². The molecule has 0 unspecified atom stereocenters. The van der Waals surface area contributed by atoms with Gasteiger partial charge in [-0.1, -0.05) is 6.07 Å². The molecule has 39 heavy (non-hydrogen) atoms. The van der Waals surface area contributed by atoms with Gasteiger partial charge in [0.2, 0.25) is 0 Å². The van der Waals surface area contributed by atoms with Crippen LogP contribution in [0.15, 0.2) is 96.1 Å². The third kappa shape index (κ3) is 4.99. The zero-order chi connectivity index (χ0) is 26.9. The topological polar surface area (TPSA) is 89.9 Å². The van der Waals surface area contributed by atoms with E-state index < -0.39 is 17.7 Å². The summed E-state index contributed by atoms with van der Waals surface area (Å²) in [6, 6.07) is 17.4. The van der Waals surface area contributed by atoms with Crippen molar-refractivity contribution in [3.63, 3.8) is 0 Å². The number of fused-ring (bicyclic) bond motifs is 1. The quantitative estimate of drug-likeness (QED) is 0.268. The van der Waals surface area contributed by atoms with E-state index in [1.807, 2.05) is 36.0 Å². The normalized spacial score (nSPS) is 11.2. The number of rotatable bonds is 6. The van der Waals surface area contributed by atoms with Crippen molar-refractivity contribution in [2.45, 2.75) is 6.54 Å². The number of carbonyl (C=O) groups is 1. The fraction of sp³-hybridized carbons (Fsp3) is 0.0690. The van der Waals surface area contributed by atoms with Gasteiger partial charge in [0.15, 0.2) is 0 Å². The zero-order valence-electron chi connectivity index (χ0n) is 20.7. The highest BCUT2D eigenvalue weighted by atomic mass is 19.1. The molecule has 3 aromatic heterocycles. The molecule has 6 aromatic rings. The van der Waals surface area contributed by atoms with Crippen LogP contribution in [0.3, 0.4) is 0 Å². The van der Waals surface area contributed by atoms with Crippen molar-refractivity contribution in [1.29, 1.82) is 0 Å². The number of furan rings is 1. The first-order valence-electron chi connectivity index (χ1n) is 12.1. The number of aromatic nitrogens is 4. The number of hydrogen-bond acceptors (Lipinski definition) is 4. The molecule has 0 fully saturated rings. The van der Waals surface area contributed by atoms with Gasteiger partial charge in [-0.3, -0.25) is 9.25 Å². The summed E-state index contributed by atoms with van der Waals surface area (Å²) in [6.45, 7) is 0.198. The van der Waals surface area contributed by atoms with E-state index in [0.29, 0.717) is 22.7 Å². The molecule has 3 aromatic carbocycles. The maximum absolute atomic E-state index is 14.8. The first kappa shape index (κ1) is 24.1. The van der Waals surface area contributed by atoms with Crippen LogP contribution >= 0.6 is 0 Å². The number of imidazole rings is 1. The molecule has 0 aliphatic carbocycles. The summed E-state index contributed by atoms with van der Waals surface area (Å²) in [7, 11) is 1.86. The lowest BCUT2D eigenvalue weighted by Crippen LogP contribution is -2.28. The van der Waals surface area contributed by atoms with E-state index in [-0.39, 0.29) is 12.1 Å². The molecule has 2 amide bonds. The van der Waals surface area contributed by atoms with E-state index >= 15 is 0 Å². The number of halogens is 2. The van der Waals surface area contributed by atoms with E-state index in [4.69, 9.17) is 4.42 Å². The van der Waals surface area contributed by atoms with Gasteiger partial charge in [-0.2, -0.15) is 5.10 Å². The van der Waals surface area contributed by atoms with Gasteiger partial charge in [0.1, 0.15) is 23.7 Å². The molecule has 0 spiro atoms. The molecule has 0 saturated carbocycles. The molecule has 10 heteroatoms. The molecule has 0 aliphatic heterocycles. The van der Waals surface area contributed by atoms with Gasteiger partial charge in [0.05, 0.1) is 30.0 Å². The molecular formula is C29H22F2N6O2. The molecule has 0 radical (unpaired) electrons. The Kier molecular flexibility index (Phi) is 6.12. The molecule has 0 atom stereocenters. The summed E-state index contributed by atoms with van der Waals surface area (Å²) in [6.07, 6.45) is 6.90. The van der Waals surface area contributed by atoms with Gasteiger partial charge >= 0.3 is 6.03 Å². The SMILES string of the molecule is Cn1cc(-c2ccc3c(c2)ncn3-c2cc(NC(=O)NCc3ccco3)cc(-c3ccc(F)cc3F)c2)cn1. The number of nitrogens with one attached hydrogen (secondary N) is 2. The van der Waals surface area contributed by atoms with Crippen LogP contribution in [0.25, 0.3) is 39.0 Å². The standard InChI is InChI=1S/C29H22F2N6O2/c1-36-16-20(14-34-36)18-4-7-28-27(11-18)33-17-37(28)23-10-19(25-6-5-21(30)12-26(25)31)9-22(13-23)35-29(38)32-15-24-3-2-8-39-24/h2-14,16-17H,15H2,1H3,(H2,32,35,38). The molecule has 6 rings (SSSR count). The van der Waals surface area contributed by atoms with Crippen LogP contribution in [0.1, 0.15) is 5.76 Å². The van der Waals surface area contributed by atoms with Gasteiger partial charge in [-0.05, 0) is 65.7 Å². The summed E-state index contributed by atoms with van der Waals surface area (Å²) in [5.74, 6) is -0.784. The van der Waals surface area contributed by atoms with Gasteiger partial charge in [0, 0.05) is 41.8 Å². The highest BCUT2D eigenvalue weighted by Crippen LogP contribution is 2.31. The Morgan fingerprint density at radius 2 is 1.90 bits per heavy atom. The first-order chi connectivity index (χ1) is 18.9. The molecule has 8 nitrogen and oxygen atoms in total. The number of aryl methyl sites for hydroxylation is 1. The number of anilines is 1. The predicted octanol–water partition coefficient (Wildman–Crippen LogP) is 6.29. The minimum Gasteiger partial charge on any atom is -0.467 e. The lowest BCUT2D eigenvalue weighted by Gasteiger charge is -2.14. The summed E-state index contributed by atoms with van der Waals surface area (Å²) >= 11 is 0. The molecule has 3 heterocycles. The Bertz CT molecular complexity index is 1810. The van der Waals surface area contributed by atoms with Crippen molar-refractivity contribution < 1.29 is 18.0 Å². The van der Waals surface area contributed by atoms with E-state index in [2.05, 4.69) is 20.7 Å². The second kappa shape index (κ2) is 9.90. The van der Waals surface area contributed by atoms with Gasteiger partial charge in [0.25, 0.3) is 0 Å². The maximum Gasteiger partial charge on any atom is 0.319 e. The number of nitrogens with zero attached hydrogens (tertiary/aromatic N) is 4. The second-order valence-electron chi connectivity index (χ2n) is 9.00. The van der Waals surface area contributed by atoms with Gasteiger partial charge in [-0.25, -0.2) is 18.6 Å². The lowest BCUT2D eigenvalue weighted by atomic mass is 10.0. The molecule has 2 N–H and O–H groups in total. The van der Waals surface area contributed by atoms with Crippen LogP contribution in [0.4, 0.5) is 19.3 Å². The molecule has 0 bridgehead atoms. The van der Waals surface area contributed by atoms with Crippen LogP contribution in [0.5, 0.6) is 0 Å². The van der Waals surface area contributed by atoms with Crippen molar-refractivity contribution >= 4 is 22.8 Å². The molecular weight excluding hydrogens is 502 g/mol. The molecule has 0 aliphatic rings. The van der Waals surface area contributed by atoms with Crippen LogP contribution in [-0.4, -0.2) is 25.4 Å². The van der Waals surface area contributed by atoms with E-state index in [1.54, 1.807) is 47.5 Å². The number of benzene rings is 3. The maximum atomic E-state index is 14.8.